The maximum absolute atomic E-state index is 10.3. The van der Waals surface area contributed by atoms with E-state index in [2.05, 4.69) is 26.8 Å². The molecule has 0 aliphatic rings. The second-order valence-corrected chi connectivity index (χ2v) is 7.19. The van der Waals surface area contributed by atoms with Gasteiger partial charge in [0, 0.05) is 5.56 Å². The SMILES string of the molecule is CC(C)=CCC/C(C)=C/Cc1c(O)cc(/C=C/c2ccc(O)c(O)c2)cc1O. The van der Waals surface area contributed by atoms with Crippen LogP contribution in [0.1, 0.15) is 50.3 Å². The predicted molar refractivity (Wildman–Crippen MR) is 115 cm³/mol. The number of phenols is 4. The van der Waals surface area contributed by atoms with E-state index in [4.69, 9.17) is 0 Å². The summed E-state index contributed by atoms with van der Waals surface area (Å²) < 4.78 is 0. The summed E-state index contributed by atoms with van der Waals surface area (Å²) in [5.41, 5.74) is 4.34. The summed E-state index contributed by atoms with van der Waals surface area (Å²) >= 11 is 0. The van der Waals surface area contributed by atoms with E-state index in [-0.39, 0.29) is 23.0 Å². The first-order valence-corrected chi connectivity index (χ1v) is 9.30. The number of phenolic OH excluding ortho intramolecular Hbond substituents is 4. The van der Waals surface area contributed by atoms with E-state index in [1.54, 1.807) is 30.4 Å². The van der Waals surface area contributed by atoms with Crippen molar-refractivity contribution in [3.8, 4) is 23.0 Å². The molecule has 148 valence electrons. The molecule has 0 aromatic heterocycles. The Hall–Kier alpha value is -3.14. The summed E-state index contributed by atoms with van der Waals surface area (Å²) in [4.78, 5) is 0. The number of allylic oxidation sites excluding steroid dienone is 4. The monoisotopic (exact) mass is 380 g/mol. The highest BCUT2D eigenvalue weighted by atomic mass is 16.3. The van der Waals surface area contributed by atoms with Gasteiger partial charge in [0.2, 0.25) is 0 Å². The normalized spacial score (nSPS) is 11.8. The quantitative estimate of drug-likeness (QED) is 0.273. The van der Waals surface area contributed by atoms with Crippen LogP contribution in [0, 0.1) is 0 Å². The van der Waals surface area contributed by atoms with Gasteiger partial charge in [-0.25, -0.2) is 0 Å². The Labute approximate surface area is 166 Å². The number of benzene rings is 2. The Bertz CT molecular complexity index is 893. The zero-order chi connectivity index (χ0) is 20.7. The Morgan fingerprint density at radius 3 is 1.96 bits per heavy atom. The van der Waals surface area contributed by atoms with E-state index < -0.39 is 0 Å². The minimum Gasteiger partial charge on any atom is -0.507 e. The lowest BCUT2D eigenvalue weighted by molar-refractivity contribution is 0.403. The molecule has 0 unspecified atom stereocenters. The van der Waals surface area contributed by atoms with E-state index in [0.717, 1.165) is 12.8 Å². The molecule has 0 spiro atoms. The van der Waals surface area contributed by atoms with Gasteiger partial charge in [-0.15, -0.1) is 0 Å². The van der Waals surface area contributed by atoms with Crippen LogP contribution < -0.4 is 0 Å². The molecule has 4 N–H and O–H groups in total. The van der Waals surface area contributed by atoms with Crippen LogP contribution in [0.4, 0.5) is 0 Å². The van der Waals surface area contributed by atoms with Crippen LogP contribution in [-0.4, -0.2) is 20.4 Å². The fraction of sp³-hybridized carbons (Fsp3) is 0.250. The van der Waals surface area contributed by atoms with Crippen molar-refractivity contribution in [2.45, 2.75) is 40.0 Å². The Morgan fingerprint density at radius 1 is 0.750 bits per heavy atom. The van der Waals surface area contributed by atoms with Crippen molar-refractivity contribution >= 4 is 12.2 Å². The lowest BCUT2D eigenvalue weighted by atomic mass is 10.0. The smallest absolute Gasteiger partial charge is 0.157 e. The number of rotatable bonds is 7. The van der Waals surface area contributed by atoms with Crippen LogP contribution in [-0.2, 0) is 6.42 Å². The van der Waals surface area contributed by atoms with E-state index in [1.807, 2.05) is 6.08 Å². The molecule has 0 aliphatic carbocycles. The average Bonchev–Trinajstić information content (AvgIpc) is 2.61. The first kappa shape index (κ1) is 21.2. The minimum atomic E-state index is -0.199. The fourth-order valence-electron chi connectivity index (χ4n) is 2.77. The average molecular weight is 380 g/mol. The van der Waals surface area contributed by atoms with Crippen LogP contribution in [0.2, 0.25) is 0 Å². The van der Waals surface area contributed by atoms with Gasteiger partial charge in [-0.3, -0.25) is 0 Å². The topological polar surface area (TPSA) is 80.9 Å². The second-order valence-electron chi connectivity index (χ2n) is 7.19. The summed E-state index contributed by atoms with van der Waals surface area (Å²) in [5.74, 6) is -0.293. The van der Waals surface area contributed by atoms with Crippen LogP contribution in [0.25, 0.3) is 12.2 Å². The van der Waals surface area contributed by atoms with Crippen LogP contribution >= 0.6 is 0 Å². The third-order valence-corrected chi connectivity index (χ3v) is 4.44. The second kappa shape index (κ2) is 9.70. The molecule has 4 nitrogen and oxygen atoms in total. The molecule has 2 aromatic carbocycles. The molecule has 2 aromatic rings. The van der Waals surface area contributed by atoms with E-state index in [9.17, 15) is 20.4 Å². The van der Waals surface area contributed by atoms with E-state index in [0.29, 0.717) is 23.1 Å². The van der Waals surface area contributed by atoms with Crippen LogP contribution in [0.15, 0.2) is 53.6 Å². The molecular formula is C24H28O4. The van der Waals surface area contributed by atoms with Gasteiger partial charge in [0.25, 0.3) is 0 Å². The van der Waals surface area contributed by atoms with Gasteiger partial charge in [-0.1, -0.05) is 41.5 Å². The van der Waals surface area contributed by atoms with Gasteiger partial charge in [0.05, 0.1) is 0 Å². The number of hydrogen-bond acceptors (Lipinski definition) is 4. The van der Waals surface area contributed by atoms with Crippen molar-refractivity contribution in [3.05, 3.63) is 70.3 Å². The number of hydrogen-bond donors (Lipinski definition) is 4. The van der Waals surface area contributed by atoms with Gasteiger partial charge in [-0.2, -0.15) is 0 Å². The summed E-state index contributed by atoms with van der Waals surface area (Å²) in [6, 6.07) is 7.68. The van der Waals surface area contributed by atoms with Crippen molar-refractivity contribution in [2.24, 2.45) is 0 Å². The molecule has 0 saturated carbocycles. The molecule has 0 saturated heterocycles. The van der Waals surface area contributed by atoms with Crippen molar-refractivity contribution in [3.63, 3.8) is 0 Å². The first-order chi connectivity index (χ1) is 13.3. The minimum absolute atomic E-state index is 0.0431. The standard InChI is InChI=1S/C24H28O4/c1-16(2)5-4-6-17(3)7-11-20-22(26)14-19(15-23(20)27)9-8-18-10-12-21(25)24(28)13-18/h5,7-10,12-15,25-28H,4,6,11H2,1-3H3/b9-8+,17-7+. The molecule has 0 aliphatic heterocycles. The molecule has 0 fully saturated rings. The Morgan fingerprint density at radius 2 is 1.36 bits per heavy atom. The Balaban J connectivity index is 2.10. The summed E-state index contributed by atoms with van der Waals surface area (Å²) in [6.45, 7) is 6.21. The highest BCUT2D eigenvalue weighted by Crippen LogP contribution is 2.31. The highest BCUT2D eigenvalue weighted by molar-refractivity contribution is 5.72. The Kier molecular flexibility index (Phi) is 7.33. The molecule has 4 heteroatoms. The van der Waals surface area contributed by atoms with Gasteiger partial charge < -0.3 is 20.4 Å². The highest BCUT2D eigenvalue weighted by Gasteiger charge is 2.08. The zero-order valence-electron chi connectivity index (χ0n) is 16.6. The lowest BCUT2D eigenvalue weighted by Gasteiger charge is -2.08. The maximum Gasteiger partial charge on any atom is 0.157 e. The predicted octanol–water partition coefficient (Wildman–Crippen LogP) is 5.91. The summed E-state index contributed by atoms with van der Waals surface area (Å²) in [7, 11) is 0. The van der Waals surface area contributed by atoms with Crippen molar-refractivity contribution < 1.29 is 20.4 Å². The van der Waals surface area contributed by atoms with Gasteiger partial charge in [-0.05, 0) is 75.4 Å². The van der Waals surface area contributed by atoms with Gasteiger partial charge in [0.15, 0.2) is 11.5 Å². The maximum atomic E-state index is 10.3. The third kappa shape index (κ3) is 6.23. The van der Waals surface area contributed by atoms with Gasteiger partial charge >= 0.3 is 0 Å². The fourth-order valence-corrected chi connectivity index (χ4v) is 2.77. The molecule has 0 bridgehead atoms. The van der Waals surface area contributed by atoms with Crippen molar-refractivity contribution in [1.29, 1.82) is 0 Å². The van der Waals surface area contributed by atoms with Crippen LogP contribution in [0.5, 0.6) is 23.0 Å². The molecule has 0 radical (unpaired) electrons. The molecule has 0 amide bonds. The largest absolute Gasteiger partial charge is 0.507 e. The molecule has 2 rings (SSSR count). The van der Waals surface area contributed by atoms with Gasteiger partial charge in [0.1, 0.15) is 11.5 Å². The molecule has 28 heavy (non-hydrogen) atoms. The zero-order valence-corrected chi connectivity index (χ0v) is 16.6. The van der Waals surface area contributed by atoms with E-state index in [1.165, 1.54) is 23.3 Å². The molecular weight excluding hydrogens is 352 g/mol. The lowest BCUT2D eigenvalue weighted by Crippen LogP contribution is -1.88. The molecule has 0 atom stereocenters. The number of aromatic hydroxyl groups is 4. The first-order valence-electron chi connectivity index (χ1n) is 9.30. The van der Waals surface area contributed by atoms with Crippen LogP contribution in [0.3, 0.4) is 0 Å². The third-order valence-electron chi connectivity index (χ3n) is 4.44. The summed E-state index contributed by atoms with van der Waals surface area (Å²) in [6.07, 6.45) is 10.1. The summed E-state index contributed by atoms with van der Waals surface area (Å²) in [5, 5.41) is 39.5. The molecule has 0 heterocycles. The van der Waals surface area contributed by atoms with Crippen molar-refractivity contribution in [1.82, 2.24) is 0 Å². The van der Waals surface area contributed by atoms with E-state index >= 15 is 0 Å². The van der Waals surface area contributed by atoms with Crippen molar-refractivity contribution in [2.75, 3.05) is 0 Å².